The minimum absolute atomic E-state index is 0.0292. The molecule has 3 N–H and O–H groups in total. The summed E-state index contributed by atoms with van der Waals surface area (Å²) in [5, 5.41) is 9.54. The zero-order chi connectivity index (χ0) is 16.8. The van der Waals surface area contributed by atoms with Crippen LogP contribution in [0.25, 0.3) is 0 Å². The average molecular weight is 315 g/mol. The van der Waals surface area contributed by atoms with Crippen molar-refractivity contribution in [3.8, 4) is 11.5 Å². The molecule has 0 aromatic heterocycles. The topological polar surface area (TPSA) is 81.8 Å². The molecule has 5 heteroatoms. The summed E-state index contributed by atoms with van der Waals surface area (Å²) in [6, 6.07) is 12.8. The molecule has 0 bridgehead atoms. The number of aryl methyl sites for hydroxylation is 1. The van der Waals surface area contributed by atoms with Crippen molar-refractivity contribution in [2.24, 2.45) is 5.73 Å². The molecule has 0 heterocycles. The molecule has 0 aliphatic carbocycles. The van der Waals surface area contributed by atoms with Crippen molar-refractivity contribution in [2.45, 2.75) is 26.5 Å². The fourth-order valence-electron chi connectivity index (χ4n) is 2.13. The summed E-state index contributed by atoms with van der Waals surface area (Å²) in [6.07, 6.45) is 0. The second kappa shape index (κ2) is 7.65. The number of hydrogen-bond donors (Lipinski definition) is 2. The van der Waals surface area contributed by atoms with E-state index in [1.807, 2.05) is 30.3 Å². The standard InChI is InChI=1S/C18H21NO4/c1-12-8-9-15(22-11-14-6-4-3-5-7-14)16(18(20)21)17(12)23-10-13(2)19/h3-9,13H,10-11,19H2,1-2H3,(H,20,21). The van der Waals surface area contributed by atoms with Crippen molar-refractivity contribution in [3.63, 3.8) is 0 Å². The number of carboxylic acids is 1. The van der Waals surface area contributed by atoms with Crippen molar-refractivity contribution in [2.75, 3.05) is 6.61 Å². The van der Waals surface area contributed by atoms with Crippen molar-refractivity contribution >= 4 is 5.97 Å². The molecule has 0 aliphatic rings. The summed E-state index contributed by atoms with van der Waals surface area (Å²) in [5.41, 5.74) is 7.41. The molecule has 2 aromatic rings. The number of benzene rings is 2. The van der Waals surface area contributed by atoms with E-state index in [0.717, 1.165) is 11.1 Å². The Morgan fingerprint density at radius 3 is 2.48 bits per heavy atom. The molecule has 122 valence electrons. The Hall–Kier alpha value is -2.53. The smallest absolute Gasteiger partial charge is 0.343 e. The highest BCUT2D eigenvalue weighted by Gasteiger charge is 2.21. The molecule has 1 atom stereocenters. The van der Waals surface area contributed by atoms with Gasteiger partial charge in [-0.25, -0.2) is 4.79 Å². The predicted molar refractivity (Wildman–Crippen MR) is 88.1 cm³/mol. The molecule has 2 rings (SSSR count). The van der Waals surface area contributed by atoms with Gasteiger partial charge in [0, 0.05) is 6.04 Å². The Morgan fingerprint density at radius 1 is 1.17 bits per heavy atom. The van der Waals surface area contributed by atoms with Gasteiger partial charge in [-0.3, -0.25) is 0 Å². The summed E-state index contributed by atoms with van der Waals surface area (Å²) in [6.45, 7) is 4.12. The number of carboxylic acid groups (broad SMARTS) is 1. The summed E-state index contributed by atoms with van der Waals surface area (Å²) >= 11 is 0. The minimum atomic E-state index is -1.09. The predicted octanol–water partition coefficient (Wildman–Crippen LogP) is 3.00. The van der Waals surface area contributed by atoms with Crippen molar-refractivity contribution in [1.29, 1.82) is 0 Å². The summed E-state index contributed by atoms with van der Waals surface area (Å²) in [5.74, 6) is -0.497. The van der Waals surface area contributed by atoms with E-state index in [1.54, 1.807) is 26.0 Å². The molecule has 0 aliphatic heterocycles. The van der Waals surface area contributed by atoms with Crippen LogP contribution in [0, 0.1) is 6.92 Å². The van der Waals surface area contributed by atoms with Gasteiger partial charge in [-0.1, -0.05) is 36.4 Å². The van der Waals surface area contributed by atoms with Gasteiger partial charge in [-0.05, 0) is 31.0 Å². The third kappa shape index (κ3) is 4.47. The number of carbonyl (C=O) groups is 1. The SMILES string of the molecule is Cc1ccc(OCc2ccccc2)c(C(=O)O)c1OCC(C)N. The van der Waals surface area contributed by atoms with Crippen LogP contribution >= 0.6 is 0 Å². The van der Waals surface area contributed by atoms with E-state index < -0.39 is 5.97 Å². The lowest BCUT2D eigenvalue weighted by atomic mass is 10.1. The van der Waals surface area contributed by atoms with E-state index in [9.17, 15) is 9.90 Å². The van der Waals surface area contributed by atoms with E-state index in [0.29, 0.717) is 5.75 Å². The first-order chi connectivity index (χ1) is 11.0. The average Bonchev–Trinajstić information content (AvgIpc) is 2.52. The molecule has 0 amide bonds. The van der Waals surface area contributed by atoms with Crippen LogP contribution in [0.4, 0.5) is 0 Å². The van der Waals surface area contributed by atoms with Crippen LogP contribution in [0.15, 0.2) is 42.5 Å². The van der Waals surface area contributed by atoms with E-state index in [-0.39, 0.29) is 30.6 Å². The lowest BCUT2D eigenvalue weighted by molar-refractivity contribution is 0.0686. The third-order valence-corrected chi connectivity index (χ3v) is 3.26. The van der Waals surface area contributed by atoms with Crippen LogP contribution in [-0.2, 0) is 6.61 Å². The maximum absolute atomic E-state index is 11.7. The zero-order valence-electron chi connectivity index (χ0n) is 13.3. The molecule has 0 saturated heterocycles. The van der Waals surface area contributed by atoms with E-state index in [1.165, 1.54) is 0 Å². The summed E-state index contributed by atoms with van der Waals surface area (Å²) in [4.78, 5) is 11.7. The molecule has 2 aromatic carbocycles. The molecule has 0 saturated carbocycles. The van der Waals surface area contributed by atoms with Gasteiger partial charge in [-0.2, -0.15) is 0 Å². The Bertz CT molecular complexity index is 668. The first kappa shape index (κ1) is 16.8. The van der Waals surface area contributed by atoms with Gasteiger partial charge in [0.15, 0.2) is 0 Å². The fraction of sp³-hybridized carbons (Fsp3) is 0.278. The van der Waals surface area contributed by atoms with Crippen molar-refractivity contribution in [3.05, 3.63) is 59.2 Å². The van der Waals surface area contributed by atoms with Gasteiger partial charge in [-0.15, -0.1) is 0 Å². The maximum Gasteiger partial charge on any atom is 0.343 e. The summed E-state index contributed by atoms with van der Waals surface area (Å²) in [7, 11) is 0. The molecule has 1 unspecified atom stereocenters. The number of hydrogen-bond acceptors (Lipinski definition) is 4. The van der Waals surface area contributed by atoms with Crippen molar-refractivity contribution in [1.82, 2.24) is 0 Å². The highest BCUT2D eigenvalue weighted by atomic mass is 16.5. The number of aromatic carboxylic acids is 1. The van der Waals surface area contributed by atoms with Gasteiger partial charge in [0.05, 0.1) is 0 Å². The summed E-state index contributed by atoms with van der Waals surface area (Å²) < 4.78 is 11.3. The largest absolute Gasteiger partial charge is 0.491 e. The van der Waals surface area contributed by atoms with Gasteiger partial charge >= 0.3 is 5.97 Å². The van der Waals surface area contributed by atoms with E-state index in [2.05, 4.69) is 0 Å². The second-order valence-corrected chi connectivity index (χ2v) is 5.45. The van der Waals surface area contributed by atoms with Crippen LogP contribution in [0.1, 0.15) is 28.4 Å². The van der Waals surface area contributed by atoms with Gasteiger partial charge < -0.3 is 20.3 Å². The Kier molecular flexibility index (Phi) is 5.60. The van der Waals surface area contributed by atoms with Gasteiger partial charge in [0.2, 0.25) is 0 Å². The third-order valence-electron chi connectivity index (χ3n) is 3.26. The zero-order valence-corrected chi connectivity index (χ0v) is 13.3. The molecular weight excluding hydrogens is 294 g/mol. The molecule has 0 fully saturated rings. The first-order valence-corrected chi connectivity index (χ1v) is 7.41. The molecule has 0 radical (unpaired) electrons. The van der Waals surface area contributed by atoms with Gasteiger partial charge in [0.1, 0.15) is 30.3 Å². The normalized spacial score (nSPS) is 11.8. The fourth-order valence-corrected chi connectivity index (χ4v) is 2.13. The first-order valence-electron chi connectivity index (χ1n) is 7.41. The van der Waals surface area contributed by atoms with Crippen LogP contribution in [-0.4, -0.2) is 23.7 Å². The lowest BCUT2D eigenvalue weighted by Crippen LogP contribution is -2.24. The van der Waals surface area contributed by atoms with Crippen molar-refractivity contribution < 1.29 is 19.4 Å². The van der Waals surface area contributed by atoms with Crippen LogP contribution in [0.5, 0.6) is 11.5 Å². The Morgan fingerprint density at radius 2 is 1.87 bits per heavy atom. The van der Waals surface area contributed by atoms with Crippen LogP contribution in [0.3, 0.4) is 0 Å². The Balaban J connectivity index is 2.27. The maximum atomic E-state index is 11.7. The molecule has 23 heavy (non-hydrogen) atoms. The second-order valence-electron chi connectivity index (χ2n) is 5.45. The Labute approximate surface area is 135 Å². The number of ether oxygens (including phenoxy) is 2. The van der Waals surface area contributed by atoms with E-state index in [4.69, 9.17) is 15.2 Å². The molecular formula is C18H21NO4. The van der Waals surface area contributed by atoms with Gasteiger partial charge in [0.25, 0.3) is 0 Å². The number of rotatable bonds is 7. The molecule has 5 nitrogen and oxygen atoms in total. The van der Waals surface area contributed by atoms with Crippen LogP contribution in [0.2, 0.25) is 0 Å². The highest BCUT2D eigenvalue weighted by molar-refractivity contribution is 5.94. The molecule has 0 spiro atoms. The highest BCUT2D eigenvalue weighted by Crippen LogP contribution is 2.32. The van der Waals surface area contributed by atoms with Crippen LogP contribution < -0.4 is 15.2 Å². The number of nitrogens with two attached hydrogens (primary N) is 1. The monoisotopic (exact) mass is 315 g/mol. The van der Waals surface area contributed by atoms with E-state index >= 15 is 0 Å². The minimum Gasteiger partial charge on any atom is -0.491 e. The lowest BCUT2D eigenvalue weighted by Gasteiger charge is -2.17. The quantitative estimate of drug-likeness (QED) is 0.821.